The molecule has 0 saturated heterocycles. The molecule has 0 N–H and O–H groups in total. The van der Waals surface area contributed by atoms with Crippen molar-refractivity contribution in [1.29, 1.82) is 0 Å². The van der Waals surface area contributed by atoms with E-state index in [4.69, 9.17) is 4.74 Å². The first kappa shape index (κ1) is 14.4. The molecule has 0 radical (unpaired) electrons. The van der Waals surface area contributed by atoms with Crippen LogP contribution in [-0.4, -0.2) is 38.7 Å². The van der Waals surface area contributed by atoms with Crippen molar-refractivity contribution in [3.05, 3.63) is 0 Å². The van der Waals surface area contributed by atoms with Gasteiger partial charge in [-0.2, -0.15) is 0 Å². The molecule has 0 saturated carbocycles. The van der Waals surface area contributed by atoms with Crippen molar-refractivity contribution in [2.75, 3.05) is 20.8 Å². The van der Waals surface area contributed by atoms with E-state index in [1.807, 2.05) is 13.8 Å². The van der Waals surface area contributed by atoms with E-state index in [0.29, 0.717) is 0 Å². The molecule has 0 heterocycles. The molecule has 0 rings (SSSR count). The lowest BCUT2D eigenvalue weighted by Crippen LogP contribution is -2.35. The quantitative estimate of drug-likeness (QED) is 0.381. The molecule has 0 unspecified atom stereocenters. The Morgan fingerprint density at radius 1 is 0.938 bits per heavy atom. The van der Waals surface area contributed by atoms with Gasteiger partial charge in [0.25, 0.3) is 5.92 Å². The van der Waals surface area contributed by atoms with Crippen molar-refractivity contribution in [3.8, 4) is 0 Å². The molecule has 0 atom stereocenters. The number of hydrogen-bond acceptors (Lipinski definition) is 6. The van der Waals surface area contributed by atoms with Crippen molar-refractivity contribution < 1.29 is 28.6 Å². The van der Waals surface area contributed by atoms with Crippen LogP contribution in [0.25, 0.3) is 0 Å². The lowest BCUT2D eigenvalue weighted by molar-refractivity contribution is -0.170. The first-order chi connectivity index (χ1) is 7.43. The largest absolute Gasteiger partial charge is 0.468 e. The fraction of sp³-hybridized carbons (Fsp3) is 0.700. The summed E-state index contributed by atoms with van der Waals surface area (Å²) < 4.78 is 13.4. The van der Waals surface area contributed by atoms with E-state index in [0.717, 1.165) is 14.2 Å². The van der Waals surface area contributed by atoms with Gasteiger partial charge in [-0.25, -0.2) is 0 Å². The fourth-order valence-corrected chi connectivity index (χ4v) is 0.857. The molecule has 0 aromatic heterocycles. The first-order valence-corrected chi connectivity index (χ1v) is 4.76. The molecule has 0 bridgehead atoms. The van der Waals surface area contributed by atoms with Crippen molar-refractivity contribution in [2.45, 2.75) is 13.8 Å². The van der Waals surface area contributed by atoms with E-state index in [1.54, 1.807) is 0 Å². The number of rotatable bonds is 5. The Morgan fingerprint density at radius 2 is 1.38 bits per heavy atom. The molecule has 6 heteroatoms. The van der Waals surface area contributed by atoms with Crippen LogP contribution in [0, 0.1) is 11.8 Å². The van der Waals surface area contributed by atoms with Crippen LogP contribution in [0.2, 0.25) is 0 Å². The zero-order chi connectivity index (χ0) is 12.7. The van der Waals surface area contributed by atoms with Crippen LogP contribution < -0.4 is 0 Å². The topological polar surface area (TPSA) is 78.9 Å². The third-order valence-corrected chi connectivity index (χ3v) is 1.67. The zero-order valence-corrected chi connectivity index (χ0v) is 9.81. The van der Waals surface area contributed by atoms with E-state index < -0.39 is 23.8 Å². The third kappa shape index (κ3) is 4.29. The summed E-state index contributed by atoms with van der Waals surface area (Å²) in [5.74, 6) is -4.47. The minimum atomic E-state index is -1.66. The smallest absolute Gasteiger partial charge is 0.332 e. The number of carbonyl (C=O) groups is 3. The molecule has 0 aliphatic carbocycles. The van der Waals surface area contributed by atoms with Gasteiger partial charge >= 0.3 is 17.9 Å². The predicted octanol–water partition coefficient (Wildman–Crippen LogP) is 0.148. The van der Waals surface area contributed by atoms with Gasteiger partial charge in [-0.05, 0) is 5.92 Å². The SMILES string of the molecule is COC(=O)C(C(=O)OC)C(=O)OCC(C)C. The highest BCUT2D eigenvalue weighted by Crippen LogP contribution is 2.07. The van der Waals surface area contributed by atoms with Gasteiger partial charge < -0.3 is 14.2 Å². The van der Waals surface area contributed by atoms with E-state index in [9.17, 15) is 14.4 Å². The lowest BCUT2D eigenvalue weighted by Gasteiger charge is -2.12. The molecular formula is C10H16O6. The Balaban J connectivity index is 4.57. The Hall–Kier alpha value is -1.59. The number of ether oxygens (including phenoxy) is 3. The number of methoxy groups -OCH3 is 2. The van der Waals surface area contributed by atoms with Gasteiger partial charge in [0.15, 0.2) is 0 Å². The summed E-state index contributed by atoms with van der Waals surface area (Å²) >= 11 is 0. The summed E-state index contributed by atoms with van der Waals surface area (Å²) in [5, 5.41) is 0. The molecule has 0 aliphatic rings. The van der Waals surface area contributed by atoms with Crippen molar-refractivity contribution >= 4 is 17.9 Å². The molecule has 0 aromatic carbocycles. The van der Waals surface area contributed by atoms with E-state index in [2.05, 4.69) is 9.47 Å². The maximum Gasteiger partial charge on any atom is 0.332 e. The molecule has 0 spiro atoms. The summed E-state index contributed by atoms with van der Waals surface area (Å²) in [4.78, 5) is 33.8. The second-order valence-corrected chi connectivity index (χ2v) is 3.50. The fourth-order valence-electron chi connectivity index (χ4n) is 0.857. The van der Waals surface area contributed by atoms with Crippen LogP contribution in [0.3, 0.4) is 0 Å². The molecule has 92 valence electrons. The summed E-state index contributed by atoms with van der Waals surface area (Å²) in [6.45, 7) is 3.79. The standard InChI is InChI=1S/C10H16O6/c1-6(2)5-16-10(13)7(8(11)14-3)9(12)15-4/h6-7H,5H2,1-4H3. The summed E-state index contributed by atoms with van der Waals surface area (Å²) in [6.07, 6.45) is 0. The van der Waals surface area contributed by atoms with Gasteiger partial charge in [0.2, 0.25) is 0 Å². The Morgan fingerprint density at radius 3 is 1.69 bits per heavy atom. The van der Waals surface area contributed by atoms with Crippen LogP contribution in [0.5, 0.6) is 0 Å². The molecule has 16 heavy (non-hydrogen) atoms. The second kappa shape index (κ2) is 6.81. The normalized spacial score (nSPS) is 10.1. The minimum Gasteiger partial charge on any atom is -0.468 e. The number of carbonyl (C=O) groups excluding carboxylic acids is 3. The average Bonchev–Trinajstić information content (AvgIpc) is 2.25. The zero-order valence-electron chi connectivity index (χ0n) is 9.81. The second-order valence-electron chi connectivity index (χ2n) is 3.50. The molecule has 0 amide bonds. The highest BCUT2D eigenvalue weighted by Gasteiger charge is 2.37. The van der Waals surface area contributed by atoms with Gasteiger partial charge in [-0.15, -0.1) is 0 Å². The molecule has 6 nitrogen and oxygen atoms in total. The monoisotopic (exact) mass is 232 g/mol. The van der Waals surface area contributed by atoms with Gasteiger partial charge in [-0.1, -0.05) is 13.8 Å². The summed E-state index contributed by atoms with van der Waals surface area (Å²) in [5.41, 5.74) is 0. The van der Waals surface area contributed by atoms with E-state index in [-0.39, 0.29) is 12.5 Å². The van der Waals surface area contributed by atoms with Crippen LogP contribution in [0.4, 0.5) is 0 Å². The molecule has 0 fully saturated rings. The lowest BCUT2D eigenvalue weighted by atomic mass is 10.1. The van der Waals surface area contributed by atoms with E-state index >= 15 is 0 Å². The van der Waals surface area contributed by atoms with E-state index in [1.165, 1.54) is 0 Å². The first-order valence-electron chi connectivity index (χ1n) is 4.76. The number of esters is 3. The summed E-state index contributed by atoms with van der Waals surface area (Å²) in [6, 6.07) is 0. The summed E-state index contributed by atoms with van der Waals surface area (Å²) in [7, 11) is 2.15. The maximum absolute atomic E-state index is 11.4. The Kier molecular flexibility index (Phi) is 6.14. The predicted molar refractivity (Wildman–Crippen MR) is 53.3 cm³/mol. The van der Waals surface area contributed by atoms with Gasteiger partial charge in [0.1, 0.15) is 0 Å². The van der Waals surface area contributed by atoms with Gasteiger partial charge in [-0.3, -0.25) is 14.4 Å². The van der Waals surface area contributed by atoms with Gasteiger partial charge in [0.05, 0.1) is 20.8 Å². The van der Waals surface area contributed by atoms with Gasteiger partial charge in [0, 0.05) is 0 Å². The Bertz CT molecular complexity index is 254. The van der Waals surface area contributed by atoms with Crippen LogP contribution in [0.1, 0.15) is 13.8 Å². The van der Waals surface area contributed by atoms with Crippen molar-refractivity contribution in [3.63, 3.8) is 0 Å². The van der Waals surface area contributed by atoms with Crippen molar-refractivity contribution in [1.82, 2.24) is 0 Å². The molecule has 0 aromatic rings. The van der Waals surface area contributed by atoms with Crippen LogP contribution in [0.15, 0.2) is 0 Å². The average molecular weight is 232 g/mol. The van der Waals surface area contributed by atoms with Crippen LogP contribution in [-0.2, 0) is 28.6 Å². The molecule has 0 aliphatic heterocycles. The third-order valence-electron chi connectivity index (χ3n) is 1.67. The number of hydrogen-bond donors (Lipinski definition) is 0. The maximum atomic E-state index is 11.4. The highest BCUT2D eigenvalue weighted by molar-refractivity contribution is 6.12. The van der Waals surface area contributed by atoms with Crippen LogP contribution >= 0.6 is 0 Å². The van der Waals surface area contributed by atoms with Crippen molar-refractivity contribution in [2.24, 2.45) is 11.8 Å². The minimum absolute atomic E-state index is 0.111. The highest BCUT2D eigenvalue weighted by atomic mass is 16.6. The molecular weight excluding hydrogens is 216 g/mol. The Labute approximate surface area is 93.8 Å².